The Kier molecular flexibility index (Phi) is 4.70. The van der Waals surface area contributed by atoms with Gasteiger partial charge in [-0.05, 0) is 6.07 Å². The van der Waals surface area contributed by atoms with Crippen molar-refractivity contribution in [2.45, 2.75) is 30.6 Å². The summed E-state index contributed by atoms with van der Waals surface area (Å²) in [5, 5.41) is 51.6. The van der Waals surface area contributed by atoms with Crippen LogP contribution in [0.2, 0.25) is 0 Å². The first-order chi connectivity index (χ1) is 9.93. The van der Waals surface area contributed by atoms with E-state index in [1.165, 1.54) is 24.3 Å². The van der Waals surface area contributed by atoms with Crippen LogP contribution in [0.25, 0.3) is 0 Å². The van der Waals surface area contributed by atoms with Crippen molar-refractivity contribution in [2.75, 3.05) is 11.9 Å². The predicted molar refractivity (Wildman–Crippen MR) is 70.5 cm³/mol. The first-order valence-corrected chi connectivity index (χ1v) is 6.25. The van der Waals surface area contributed by atoms with E-state index >= 15 is 0 Å². The van der Waals surface area contributed by atoms with E-state index in [4.69, 9.17) is 9.84 Å². The second-order valence-electron chi connectivity index (χ2n) is 4.70. The van der Waals surface area contributed by atoms with Crippen LogP contribution in [0.15, 0.2) is 24.3 Å². The molecule has 1 fully saturated rings. The molecule has 0 unspecified atom stereocenters. The average molecular weight is 300 g/mol. The summed E-state index contributed by atoms with van der Waals surface area (Å²) in [5.74, 6) is 0. The number of hydrogen-bond acceptors (Lipinski definition) is 8. The topological polar surface area (TPSA) is 145 Å². The van der Waals surface area contributed by atoms with Crippen LogP contribution >= 0.6 is 0 Å². The number of aliphatic hydroxyl groups excluding tert-OH is 4. The van der Waals surface area contributed by atoms with Gasteiger partial charge in [-0.1, -0.05) is 6.07 Å². The Labute approximate surface area is 119 Å². The van der Waals surface area contributed by atoms with Gasteiger partial charge in [0.15, 0.2) is 6.23 Å². The zero-order valence-corrected chi connectivity index (χ0v) is 10.9. The highest BCUT2D eigenvalue weighted by atomic mass is 16.6. The van der Waals surface area contributed by atoms with Crippen molar-refractivity contribution in [1.82, 2.24) is 0 Å². The van der Waals surface area contributed by atoms with Crippen molar-refractivity contribution in [1.29, 1.82) is 0 Å². The maximum Gasteiger partial charge on any atom is 0.271 e. The van der Waals surface area contributed by atoms with Gasteiger partial charge in [0.25, 0.3) is 5.69 Å². The molecule has 1 aliphatic rings. The summed E-state index contributed by atoms with van der Waals surface area (Å²) in [6, 6.07) is 5.51. The summed E-state index contributed by atoms with van der Waals surface area (Å²) in [4.78, 5) is 10.1. The SMILES string of the molecule is O=[N+]([O-])c1cccc(N[C@H]2O[C@H](CO)[C@@H](O)[C@H](O)[C@H]2O)c1. The second-order valence-corrected chi connectivity index (χ2v) is 4.70. The van der Waals surface area contributed by atoms with Gasteiger partial charge in [0, 0.05) is 17.8 Å². The summed E-state index contributed by atoms with van der Waals surface area (Å²) in [6.07, 6.45) is -6.58. The molecule has 0 saturated carbocycles. The van der Waals surface area contributed by atoms with Crippen LogP contribution in [0.3, 0.4) is 0 Å². The van der Waals surface area contributed by atoms with Crippen molar-refractivity contribution in [2.24, 2.45) is 0 Å². The molecule has 0 spiro atoms. The monoisotopic (exact) mass is 300 g/mol. The molecule has 2 rings (SSSR count). The highest BCUT2D eigenvalue weighted by molar-refractivity contribution is 5.51. The van der Waals surface area contributed by atoms with E-state index < -0.39 is 42.2 Å². The minimum atomic E-state index is -1.51. The lowest BCUT2D eigenvalue weighted by molar-refractivity contribution is -0.384. The van der Waals surface area contributed by atoms with Crippen molar-refractivity contribution >= 4 is 11.4 Å². The van der Waals surface area contributed by atoms with Crippen molar-refractivity contribution in [3.63, 3.8) is 0 Å². The van der Waals surface area contributed by atoms with E-state index in [2.05, 4.69) is 5.32 Å². The number of aliphatic hydroxyl groups is 4. The Bertz CT molecular complexity index is 510. The zero-order chi connectivity index (χ0) is 15.6. The number of nitro groups is 1. The number of nitrogens with one attached hydrogen (secondary N) is 1. The number of nitro benzene ring substituents is 1. The van der Waals surface area contributed by atoms with Crippen LogP contribution in [0.1, 0.15) is 0 Å². The highest BCUT2D eigenvalue weighted by Crippen LogP contribution is 2.24. The Morgan fingerprint density at radius 2 is 1.95 bits per heavy atom. The molecule has 0 aromatic heterocycles. The normalized spacial score (nSPS) is 32.7. The molecule has 1 heterocycles. The molecule has 0 radical (unpaired) electrons. The van der Waals surface area contributed by atoms with Gasteiger partial charge in [0.2, 0.25) is 0 Å². The number of nitrogens with zero attached hydrogens (tertiary/aromatic N) is 1. The molecular formula is C12H16N2O7. The van der Waals surface area contributed by atoms with Gasteiger partial charge in [-0.25, -0.2) is 0 Å². The second kappa shape index (κ2) is 6.33. The Balaban J connectivity index is 2.14. The molecule has 0 aliphatic carbocycles. The van der Waals surface area contributed by atoms with Crippen LogP contribution in [0, 0.1) is 10.1 Å². The maximum absolute atomic E-state index is 10.7. The van der Waals surface area contributed by atoms with E-state index in [9.17, 15) is 25.4 Å². The quantitative estimate of drug-likeness (QED) is 0.344. The third-order valence-electron chi connectivity index (χ3n) is 3.26. The van der Waals surface area contributed by atoms with Gasteiger partial charge in [-0.3, -0.25) is 10.1 Å². The third kappa shape index (κ3) is 3.28. The molecule has 9 nitrogen and oxygen atoms in total. The van der Waals surface area contributed by atoms with Crippen molar-refractivity contribution < 1.29 is 30.1 Å². The van der Waals surface area contributed by atoms with Gasteiger partial charge in [-0.15, -0.1) is 0 Å². The van der Waals surface area contributed by atoms with Crippen molar-refractivity contribution in [3.05, 3.63) is 34.4 Å². The van der Waals surface area contributed by atoms with Crippen LogP contribution in [-0.4, -0.2) is 62.6 Å². The number of anilines is 1. The maximum atomic E-state index is 10.7. The summed E-state index contributed by atoms with van der Waals surface area (Å²) in [7, 11) is 0. The lowest BCUT2D eigenvalue weighted by Crippen LogP contribution is -2.60. The molecule has 1 aliphatic heterocycles. The molecule has 1 aromatic carbocycles. The molecule has 0 bridgehead atoms. The molecule has 0 amide bonds. The summed E-state index contributed by atoms with van der Waals surface area (Å²) in [6.45, 7) is -0.544. The minimum Gasteiger partial charge on any atom is -0.394 e. The van der Waals surface area contributed by atoms with Gasteiger partial charge in [0.1, 0.15) is 24.4 Å². The van der Waals surface area contributed by atoms with Crippen LogP contribution in [0.5, 0.6) is 0 Å². The lowest BCUT2D eigenvalue weighted by Gasteiger charge is -2.40. The molecule has 1 aromatic rings. The van der Waals surface area contributed by atoms with Gasteiger partial charge < -0.3 is 30.5 Å². The third-order valence-corrected chi connectivity index (χ3v) is 3.26. The van der Waals surface area contributed by atoms with Crippen LogP contribution in [-0.2, 0) is 4.74 Å². The highest BCUT2D eigenvalue weighted by Gasteiger charge is 2.43. The summed E-state index contributed by atoms with van der Waals surface area (Å²) < 4.78 is 5.24. The van der Waals surface area contributed by atoms with Crippen LogP contribution < -0.4 is 5.32 Å². The fourth-order valence-electron chi connectivity index (χ4n) is 2.09. The Morgan fingerprint density at radius 3 is 2.57 bits per heavy atom. The number of rotatable bonds is 4. The molecule has 5 atom stereocenters. The van der Waals surface area contributed by atoms with Gasteiger partial charge >= 0.3 is 0 Å². The standard InChI is InChI=1S/C12H16N2O7/c15-5-8-9(16)10(17)11(18)12(21-8)13-6-2-1-3-7(4-6)14(19)20/h1-4,8-13,15-18H,5H2/t8-,9-,10+,11-,12+/m1/s1. The largest absolute Gasteiger partial charge is 0.394 e. The van der Waals surface area contributed by atoms with Gasteiger partial charge in [-0.2, -0.15) is 0 Å². The minimum absolute atomic E-state index is 0.149. The molecular weight excluding hydrogens is 284 g/mol. The Morgan fingerprint density at radius 1 is 1.24 bits per heavy atom. The molecule has 116 valence electrons. The number of ether oxygens (including phenoxy) is 1. The van der Waals surface area contributed by atoms with E-state index in [1.807, 2.05) is 0 Å². The van der Waals surface area contributed by atoms with E-state index in [0.29, 0.717) is 5.69 Å². The van der Waals surface area contributed by atoms with Crippen molar-refractivity contribution in [3.8, 4) is 0 Å². The zero-order valence-electron chi connectivity index (χ0n) is 10.9. The summed E-state index contributed by atoms with van der Waals surface area (Å²) >= 11 is 0. The number of hydrogen-bond donors (Lipinski definition) is 5. The molecule has 9 heteroatoms. The average Bonchev–Trinajstić information content (AvgIpc) is 2.48. The predicted octanol–water partition coefficient (Wildman–Crippen LogP) is -1.19. The lowest BCUT2D eigenvalue weighted by atomic mass is 9.98. The fourth-order valence-corrected chi connectivity index (χ4v) is 2.09. The first-order valence-electron chi connectivity index (χ1n) is 6.25. The molecule has 1 saturated heterocycles. The van der Waals surface area contributed by atoms with E-state index in [1.54, 1.807) is 0 Å². The Hall–Kier alpha value is -1.78. The van der Waals surface area contributed by atoms with E-state index in [0.717, 1.165) is 0 Å². The molecule has 5 N–H and O–H groups in total. The van der Waals surface area contributed by atoms with Crippen LogP contribution in [0.4, 0.5) is 11.4 Å². The fraction of sp³-hybridized carbons (Fsp3) is 0.500. The summed E-state index contributed by atoms with van der Waals surface area (Å²) in [5.41, 5.74) is 0.151. The first kappa shape index (κ1) is 15.6. The van der Waals surface area contributed by atoms with E-state index in [-0.39, 0.29) is 5.69 Å². The number of benzene rings is 1. The smallest absolute Gasteiger partial charge is 0.271 e. The number of non-ortho nitro benzene ring substituents is 1. The van der Waals surface area contributed by atoms with Gasteiger partial charge in [0.05, 0.1) is 11.5 Å². The molecule has 21 heavy (non-hydrogen) atoms.